The predicted molar refractivity (Wildman–Crippen MR) is 266 cm³/mol. The highest BCUT2D eigenvalue weighted by molar-refractivity contribution is 5.84. The number of ether oxygens (including phenoxy) is 1. The summed E-state index contributed by atoms with van der Waals surface area (Å²) in [5.41, 5.74) is 14.4. The van der Waals surface area contributed by atoms with E-state index in [0.717, 1.165) is 67.5 Å². The summed E-state index contributed by atoms with van der Waals surface area (Å²) in [5, 5.41) is 0. The summed E-state index contributed by atoms with van der Waals surface area (Å²) in [6.45, 7) is 4.54. The summed E-state index contributed by atoms with van der Waals surface area (Å²) in [6.07, 6.45) is 0. The van der Waals surface area contributed by atoms with Gasteiger partial charge in [-0.15, -0.1) is 0 Å². The lowest BCUT2D eigenvalue weighted by molar-refractivity contribution is 0.421. The Labute approximate surface area is 380 Å². The lowest BCUT2D eigenvalue weighted by Crippen LogP contribution is -2.25. The Bertz CT molecular complexity index is 3120. The van der Waals surface area contributed by atoms with Crippen LogP contribution in [-0.2, 0) is 5.41 Å². The lowest BCUT2D eigenvalue weighted by atomic mass is 9.74. The van der Waals surface area contributed by atoms with E-state index >= 15 is 0 Å². The molecule has 10 aromatic rings. The van der Waals surface area contributed by atoms with Gasteiger partial charge in [-0.25, -0.2) is 15.0 Å². The molecule has 2 heterocycles. The Hall–Kier alpha value is -8.41. The molecule has 0 fully saturated rings. The standard InChI is InChI=1S/C60H44N4O/c1-60(2)53-27-15-25-51(55(53)65-56-52(26-16-28-54(56)60)59-62-57(46-21-11-5-12-22-46)61-58(63-59)47-23-13-6-14-24-47)45-33-39-50(40-34-45)64(48-35-29-43(30-36-48)41-17-7-3-8-18-41)49-37-31-44(32-38-49)42-19-9-4-10-20-42/h3-40H,1-2H3. The molecule has 5 nitrogen and oxygen atoms in total. The third-order valence-corrected chi connectivity index (χ3v) is 12.4. The van der Waals surface area contributed by atoms with E-state index in [4.69, 9.17) is 19.7 Å². The minimum absolute atomic E-state index is 0.388. The summed E-state index contributed by atoms with van der Waals surface area (Å²) in [6, 6.07) is 80.4. The van der Waals surface area contributed by atoms with E-state index in [1.807, 2.05) is 60.7 Å². The van der Waals surface area contributed by atoms with E-state index < -0.39 is 0 Å². The average molecular weight is 837 g/mol. The first-order chi connectivity index (χ1) is 32.0. The number of para-hydroxylation sites is 2. The average Bonchev–Trinajstić information content (AvgIpc) is 3.38. The van der Waals surface area contributed by atoms with E-state index in [1.54, 1.807) is 0 Å². The molecule has 0 bridgehead atoms. The van der Waals surface area contributed by atoms with Gasteiger partial charge in [-0.3, -0.25) is 0 Å². The molecule has 310 valence electrons. The van der Waals surface area contributed by atoms with Gasteiger partial charge in [0.25, 0.3) is 0 Å². The number of anilines is 3. The Morgan fingerprint density at radius 1 is 0.308 bits per heavy atom. The number of nitrogens with zero attached hydrogens (tertiary/aromatic N) is 4. The quantitative estimate of drug-likeness (QED) is 0.145. The third kappa shape index (κ3) is 7.53. The molecule has 1 aliphatic rings. The highest BCUT2D eigenvalue weighted by atomic mass is 16.5. The molecule has 1 aliphatic heterocycles. The lowest BCUT2D eigenvalue weighted by Gasteiger charge is -2.36. The molecule has 1 aromatic heterocycles. The molecule has 65 heavy (non-hydrogen) atoms. The van der Waals surface area contributed by atoms with Gasteiger partial charge in [-0.1, -0.05) is 202 Å². The van der Waals surface area contributed by atoms with Gasteiger partial charge < -0.3 is 9.64 Å². The second kappa shape index (κ2) is 16.7. The molecule has 0 radical (unpaired) electrons. The maximum Gasteiger partial charge on any atom is 0.167 e. The number of fused-ring (bicyclic) bond motifs is 2. The number of rotatable bonds is 9. The number of aromatic nitrogens is 3. The summed E-state index contributed by atoms with van der Waals surface area (Å²) < 4.78 is 7.18. The predicted octanol–water partition coefficient (Wildman–Crippen LogP) is 15.8. The third-order valence-electron chi connectivity index (χ3n) is 12.4. The van der Waals surface area contributed by atoms with E-state index in [2.05, 4.69) is 189 Å². The van der Waals surface area contributed by atoms with Gasteiger partial charge in [-0.2, -0.15) is 0 Å². The molecule has 0 amide bonds. The van der Waals surface area contributed by atoms with Gasteiger partial charge in [-0.05, 0) is 70.3 Å². The first-order valence-electron chi connectivity index (χ1n) is 22.0. The molecule has 0 N–H and O–H groups in total. The number of benzene rings is 9. The first-order valence-corrected chi connectivity index (χ1v) is 22.0. The van der Waals surface area contributed by atoms with Gasteiger partial charge in [0.05, 0.1) is 5.56 Å². The Kier molecular flexibility index (Phi) is 10.1. The molecular formula is C60H44N4O. The van der Waals surface area contributed by atoms with Crippen molar-refractivity contribution in [2.45, 2.75) is 19.3 Å². The second-order valence-corrected chi connectivity index (χ2v) is 16.8. The van der Waals surface area contributed by atoms with Gasteiger partial charge >= 0.3 is 0 Å². The fourth-order valence-corrected chi connectivity index (χ4v) is 8.96. The zero-order valence-electron chi connectivity index (χ0n) is 36.1. The Balaban J connectivity index is 0.981. The maximum atomic E-state index is 7.18. The van der Waals surface area contributed by atoms with Crippen LogP contribution >= 0.6 is 0 Å². The van der Waals surface area contributed by atoms with Crippen LogP contribution in [0.4, 0.5) is 17.1 Å². The van der Waals surface area contributed by atoms with Crippen molar-refractivity contribution in [2.24, 2.45) is 0 Å². The van der Waals surface area contributed by atoms with Crippen LogP contribution in [-0.4, -0.2) is 15.0 Å². The van der Waals surface area contributed by atoms with Crippen molar-refractivity contribution in [3.8, 4) is 79.0 Å². The summed E-state index contributed by atoms with van der Waals surface area (Å²) in [5.74, 6) is 3.36. The van der Waals surface area contributed by atoms with E-state index in [1.165, 1.54) is 22.3 Å². The molecule has 0 spiro atoms. The number of hydrogen-bond donors (Lipinski definition) is 0. The molecule has 0 aliphatic carbocycles. The summed E-state index contributed by atoms with van der Waals surface area (Å²) >= 11 is 0. The zero-order valence-corrected chi connectivity index (χ0v) is 36.1. The summed E-state index contributed by atoms with van der Waals surface area (Å²) in [7, 11) is 0. The topological polar surface area (TPSA) is 51.1 Å². The molecule has 0 saturated carbocycles. The van der Waals surface area contributed by atoms with Crippen molar-refractivity contribution in [3.05, 3.63) is 242 Å². The zero-order chi connectivity index (χ0) is 43.7. The highest BCUT2D eigenvalue weighted by Crippen LogP contribution is 2.54. The van der Waals surface area contributed by atoms with Crippen LogP contribution in [0.2, 0.25) is 0 Å². The Morgan fingerprint density at radius 3 is 1.08 bits per heavy atom. The number of hydrogen-bond acceptors (Lipinski definition) is 5. The van der Waals surface area contributed by atoms with Gasteiger partial charge in [0, 0.05) is 50.3 Å². The summed E-state index contributed by atoms with van der Waals surface area (Å²) in [4.78, 5) is 17.5. The van der Waals surface area contributed by atoms with Crippen molar-refractivity contribution < 1.29 is 4.74 Å². The van der Waals surface area contributed by atoms with Crippen LogP contribution in [0.5, 0.6) is 11.5 Å². The van der Waals surface area contributed by atoms with Crippen LogP contribution in [0.25, 0.3) is 67.5 Å². The monoisotopic (exact) mass is 836 g/mol. The molecule has 11 rings (SSSR count). The van der Waals surface area contributed by atoms with Crippen LogP contribution in [0, 0.1) is 0 Å². The molecule has 0 unspecified atom stereocenters. The van der Waals surface area contributed by atoms with Gasteiger partial charge in [0.15, 0.2) is 17.5 Å². The van der Waals surface area contributed by atoms with Crippen molar-refractivity contribution in [2.75, 3.05) is 4.90 Å². The van der Waals surface area contributed by atoms with Crippen molar-refractivity contribution in [1.29, 1.82) is 0 Å². The highest BCUT2D eigenvalue weighted by Gasteiger charge is 2.37. The molecule has 0 atom stereocenters. The van der Waals surface area contributed by atoms with Gasteiger partial charge in [0.2, 0.25) is 0 Å². The van der Waals surface area contributed by atoms with Crippen LogP contribution < -0.4 is 9.64 Å². The van der Waals surface area contributed by atoms with Crippen LogP contribution in [0.3, 0.4) is 0 Å². The molecule has 0 saturated heterocycles. The van der Waals surface area contributed by atoms with Crippen LogP contribution in [0.15, 0.2) is 231 Å². The second-order valence-electron chi connectivity index (χ2n) is 16.8. The molecule has 9 aromatic carbocycles. The van der Waals surface area contributed by atoms with E-state index in [-0.39, 0.29) is 5.41 Å². The fourth-order valence-electron chi connectivity index (χ4n) is 8.96. The largest absolute Gasteiger partial charge is 0.455 e. The SMILES string of the molecule is CC1(C)c2cccc(-c3ccc(N(c4ccc(-c5ccccc5)cc4)c4ccc(-c5ccccc5)cc4)cc3)c2Oc2c(-c3nc(-c4ccccc4)nc(-c4ccccc4)n3)cccc21. The Morgan fingerprint density at radius 2 is 0.646 bits per heavy atom. The fraction of sp³-hybridized carbons (Fsp3) is 0.0500. The van der Waals surface area contributed by atoms with E-state index in [9.17, 15) is 0 Å². The smallest absolute Gasteiger partial charge is 0.167 e. The molecular weight excluding hydrogens is 793 g/mol. The minimum Gasteiger partial charge on any atom is -0.455 e. The van der Waals surface area contributed by atoms with E-state index in [0.29, 0.717) is 17.5 Å². The van der Waals surface area contributed by atoms with Crippen LogP contribution in [0.1, 0.15) is 25.0 Å². The first kappa shape index (κ1) is 39.4. The van der Waals surface area contributed by atoms with Crippen molar-refractivity contribution in [3.63, 3.8) is 0 Å². The van der Waals surface area contributed by atoms with Gasteiger partial charge in [0.1, 0.15) is 11.5 Å². The molecule has 5 heteroatoms. The normalized spacial score (nSPS) is 12.4. The maximum absolute atomic E-state index is 7.18. The van der Waals surface area contributed by atoms with Crippen molar-refractivity contribution in [1.82, 2.24) is 15.0 Å². The minimum atomic E-state index is -0.388. The van der Waals surface area contributed by atoms with Crippen molar-refractivity contribution >= 4 is 17.1 Å².